The fraction of sp³-hybridized carbons (Fsp3) is 0.200. The van der Waals surface area contributed by atoms with Gasteiger partial charge in [-0.1, -0.05) is 109 Å². The predicted molar refractivity (Wildman–Crippen MR) is 217 cm³/mol. The molecule has 252 valence electrons. The van der Waals surface area contributed by atoms with E-state index < -0.39 is 0 Å². The lowest BCUT2D eigenvalue weighted by Crippen LogP contribution is -2.48. The van der Waals surface area contributed by atoms with Crippen LogP contribution in [-0.4, -0.2) is 0 Å². The summed E-state index contributed by atoms with van der Waals surface area (Å²) in [5.74, 6) is 2.72. The van der Waals surface area contributed by atoms with Crippen LogP contribution in [0.4, 0.5) is 17.1 Å². The molecule has 4 saturated carbocycles. The minimum absolute atomic E-state index is 0.327. The van der Waals surface area contributed by atoms with E-state index in [2.05, 4.69) is 157 Å². The Bertz CT molecular complexity index is 2570. The molecule has 7 aromatic carbocycles. The van der Waals surface area contributed by atoms with E-state index >= 15 is 0 Å². The van der Waals surface area contributed by atoms with Gasteiger partial charge >= 0.3 is 0 Å². The highest BCUT2D eigenvalue weighted by Crippen LogP contribution is 2.61. The summed E-state index contributed by atoms with van der Waals surface area (Å²) in [4.78, 5) is 2.44. The standard InChI is InChI=1S/C50H41NO/c1-2-9-36(10-3-1)43-16-6-11-38-12-7-17-44(49(38)43)37-19-21-40(22-20-37)51(42-23-24-46-45-15-4-5-18-47(45)52-48(46)29-42)41-14-8-13-39(28-41)50-30-33-25-34(31-50)27-35(26-33)32-50/h1-24,28-29,33-35H,25-27,30-32H2. The Morgan fingerprint density at radius 2 is 1.06 bits per heavy atom. The van der Waals surface area contributed by atoms with E-state index in [1.807, 2.05) is 6.07 Å². The number of furan rings is 1. The Balaban J connectivity index is 1.04. The fourth-order valence-electron chi connectivity index (χ4n) is 11.0. The Kier molecular flexibility index (Phi) is 6.77. The van der Waals surface area contributed by atoms with Gasteiger partial charge in [0.1, 0.15) is 11.2 Å². The minimum Gasteiger partial charge on any atom is -0.456 e. The quantitative estimate of drug-likeness (QED) is 0.175. The third-order valence-electron chi connectivity index (χ3n) is 12.8. The van der Waals surface area contributed by atoms with Gasteiger partial charge in [-0.05, 0) is 143 Å². The molecule has 0 radical (unpaired) electrons. The number of anilines is 3. The maximum Gasteiger partial charge on any atom is 0.137 e. The van der Waals surface area contributed by atoms with Crippen LogP contribution in [0, 0.1) is 17.8 Å². The molecule has 2 heteroatoms. The van der Waals surface area contributed by atoms with Crippen LogP contribution in [0.3, 0.4) is 0 Å². The van der Waals surface area contributed by atoms with Crippen molar-refractivity contribution < 1.29 is 4.42 Å². The van der Waals surface area contributed by atoms with Crippen molar-refractivity contribution in [1.82, 2.24) is 0 Å². The van der Waals surface area contributed by atoms with E-state index in [0.717, 1.165) is 51.1 Å². The van der Waals surface area contributed by atoms with E-state index in [-0.39, 0.29) is 0 Å². The van der Waals surface area contributed by atoms with Crippen molar-refractivity contribution in [2.24, 2.45) is 17.8 Å². The highest BCUT2D eigenvalue weighted by atomic mass is 16.3. The molecule has 2 nitrogen and oxygen atoms in total. The number of nitrogens with zero attached hydrogens (tertiary/aromatic N) is 1. The van der Waals surface area contributed by atoms with Crippen molar-refractivity contribution in [1.29, 1.82) is 0 Å². The summed E-state index contributed by atoms with van der Waals surface area (Å²) in [6.07, 6.45) is 8.45. The Labute approximate surface area is 305 Å². The third-order valence-corrected chi connectivity index (χ3v) is 12.8. The van der Waals surface area contributed by atoms with Crippen LogP contribution in [0.2, 0.25) is 0 Å². The molecule has 0 unspecified atom stereocenters. The van der Waals surface area contributed by atoms with Crippen molar-refractivity contribution in [3.05, 3.63) is 163 Å². The van der Waals surface area contributed by atoms with Gasteiger partial charge in [-0.15, -0.1) is 0 Å². The summed E-state index contributed by atoms with van der Waals surface area (Å²) >= 11 is 0. The smallest absolute Gasteiger partial charge is 0.137 e. The molecule has 52 heavy (non-hydrogen) atoms. The van der Waals surface area contributed by atoms with Crippen molar-refractivity contribution in [3.63, 3.8) is 0 Å². The lowest BCUT2D eigenvalue weighted by molar-refractivity contribution is -0.00516. The highest BCUT2D eigenvalue weighted by molar-refractivity contribution is 6.07. The molecule has 0 amide bonds. The largest absolute Gasteiger partial charge is 0.456 e. The van der Waals surface area contributed by atoms with Gasteiger partial charge in [0.15, 0.2) is 0 Å². The number of benzene rings is 7. The predicted octanol–water partition coefficient (Wildman–Crippen LogP) is 14.0. The molecule has 8 aromatic rings. The SMILES string of the molecule is c1ccc(-c2cccc3cccc(-c4ccc(N(c5cccc(C67CC8CC(CC(C8)C6)C7)c5)c5ccc6c(c5)oc5ccccc56)cc4)c23)cc1. The first-order valence-corrected chi connectivity index (χ1v) is 19.2. The van der Waals surface area contributed by atoms with Gasteiger partial charge in [0.2, 0.25) is 0 Å². The molecule has 0 saturated heterocycles. The zero-order chi connectivity index (χ0) is 34.2. The summed E-state index contributed by atoms with van der Waals surface area (Å²) < 4.78 is 6.44. The molecule has 0 atom stereocenters. The zero-order valence-corrected chi connectivity index (χ0v) is 29.3. The van der Waals surface area contributed by atoms with Gasteiger partial charge in [-0.2, -0.15) is 0 Å². The van der Waals surface area contributed by atoms with Crippen molar-refractivity contribution >= 4 is 49.8 Å². The summed E-state index contributed by atoms with van der Waals surface area (Å²) in [7, 11) is 0. The van der Waals surface area contributed by atoms with Crippen LogP contribution >= 0.6 is 0 Å². The molecule has 4 fully saturated rings. The van der Waals surface area contributed by atoms with Gasteiger partial charge < -0.3 is 9.32 Å². The maximum atomic E-state index is 6.44. The molecule has 0 aliphatic heterocycles. The van der Waals surface area contributed by atoms with Gasteiger partial charge in [0, 0.05) is 33.9 Å². The normalized spacial score (nSPS) is 22.0. The van der Waals surface area contributed by atoms with Crippen molar-refractivity contribution in [2.45, 2.75) is 43.9 Å². The molecule has 4 aliphatic carbocycles. The van der Waals surface area contributed by atoms with E-state index in [1.165, 1.54) is 77.2 Å². The molecular weight excluding hydrogens is 631 g/mol. The third kappa shape index (κ3) is 4.84. The van der Waals surface area contributed by atoms with Gasteiger partial charge in [-0.25, -0.2) is 0 Å². The number of hydrogen-bond donors (Lipinski definition) is 0. The molecule has 12 rings (SSSR count). The lowest BCUT2D eigenvalue weighted by atomic mass is 9.48. The summed E-state index contributed by atoms with van der Waals surface area (Å²) in [6, 6.07) is 58.0. The molecule has 0 spiro atoms. The van der Waals surface area contributed by atoms with Crippen LogP contribution in [0.25, 0.3) is 55.0 Å². The molecule has 4 aliphatic rings. The second kappa shape index (κ2) is 11.7. The van der Waals surface area contributed by atoms with Crippen molar-refractivity contribution in [3.8, 4) is 22.3 Å². The fourth-order valence-corrected chi connectivity index (χ4v) is 11.0. The summed E-state index contributed by atoms with van der Waals surface area (Å²) in [6.45, 7) is 0. The number of para-hydroxylation sites is 1. The first kappa shape index (κ1) is 30.1. The van der Waals surface area contributed by atoms with Crippen LogP contribution < -0.4 is 4.90 Å². The molecule has 1 aromatic heterocycles. The van der Waals surface area contributed by atoms with Crippen molar-refractivity contribution in [2.75, 3.05) is 4.90 Å². The second-order valence-electron chi connectivity index (χ2n) is 16.0. The Hall–Kier alpha value is -5.60. The van der Waals surface area contributed by atoms with Crippen LogP contribution in [-0.2, 0) is 5.41 Å². The highest BCUT2D eigenvalue weighted by Gasteiger charge is 2.51. The molecule has 1 heterocycles. The minimum atomic E-state index is 0.327. The average molecular weight is 672 g/mol. The number of hydrogen-bond acceptors (Lipinski definition) is 2. The first-order valence-electron chi connectivity index (χ1n) is 19.2. The number of rotatable bonds is 6. The van der Waals surface area contributed by atoms with Gasteiger partial charge in [-0.3, -0.25) is 0 Å². The zero-order valence-electron chi connectivity index (χ0n) is 29.3. The number of fused-ring (bicyclic) bond motifs is 4. The first-order chi connectivity index (χ1) is 25.7. The van der Waals surface area contributed by atoms with Gasteiger partial charge in [0.25, 0.3) is 0 Å². The van der Waals surface area contributed by atoms with E-state index in [9.17, 15) is 0 Å². The topological polar surface area (TPSA) is 16.4 Å². The molecular formula is C50H41NO. The molecule has 4 bridgehead atoms. The van der Waals surface area contributed by atoms with E-state index in [0.29, 0.717) is 5.41 Å². The van der Waals surface area contributed by atoms with Crippen LogP contribution in [0.5, 0.6) is 0 Å². The summed E-state index contributed by atoms with van der Waals surface area (Å²) in [5, 5.41) is 4.86. The van der Waals surface area contributed by atoms with Gasteiger partial charge in [0.05, 0.1) is 0 Å². The van der Waals surface area contributed by atoms with E-state index in [4.69, 9.17) is 4.42 Å². The second-order valence-corrected chi connectivity index (χ2v) is 16.0. The average Bonchev–Trinajstić information content (AvgIpc) is 3.56. The molecule has 0 N–H and O–H groups in total. The Morgan fingerprint density at radius 1 is 0.462 bits per heavy atom. The van der Waals surface area contributed by atoms with Crippen LogP contribution in [0.15, 0.2) is 162 Å². The Morgan fingerprint density at radius 3 is 1.79 bits per heavy atom. The maximum absolute atomic E-state index is 6.44. The summed E-state index contributed by atoms with van der Waals surface area (Å²) in [5.41, 5.74) is 12.2. The monoisotopic (exact) mass is 671 g/mol. The van der Waals surface area contributed by atoms with Crippen LogP contribution in [0.1, 0.15) is 44.1 Å². The lowest BCUT2D eigenvalue weighted by Gasteiger charge is -2.57. The van der Waals surface area contributed by atoms with E-state index in [1.54, 1.807) is 5.56 Å².